The van der Waals surface area contributed by atoms with Gasteiger partial charge in [-0.15, -0.1) is 0 Å². The number of fused-ring (bicyclic) bond motifs is 1. The van der Waals surface area contributed by atoms with E-state index >= 15 is 0 Å². The van der Waals surface area contributed by atoms with E-state index in [2.05, 4.69) is 71.9 Å². The van der Waals surface area contributed by atoms with Gasteiger partial charge in [0.05, 0.1) is 23.0 Å². The highest BCUT2D eigenvalue weighted by Gasteiger charge is 2.54. The molecule has 7 rings (SSSR count). The van der Waals surface area contributed by atoms with Crippen molar-refractivity contribution in [1.29, 1.82) is 0 Å². The number of carbonyl (C=O) groups excluding carboxylic acids is 2. The van der Waals surface area contributed by atoms with Crippen molar-refractivity contribution in [2.75, 3.05) is 0 Å². The first kappa shape index (κ1) is 28.9. The largest absolute Gasteiger partial charge is 0.454 e. The molecule has 0 heterocycles. The topological polar surface area (TPSA) is 52.6 Å². The molecule has 0 saturated heterocycles. The molecule has 0 N–H and O–H groups in total. The van der Waals surface area contributed by atoms with Gasteiger partial charge in [0.25, 0.3) is 0 Å². The van der Waals surface area contributed by atoms with Crippen LogP contribution in [0.3, 0.4) is 0 Å². The summed E-state index contributed by atoms with van der Waals surface area (Å²) in [5, 5.41) is 0. The van der Waals surface area contributed by atoms with Crippen LogP contribution in [0, 0.1) is 0 Å². The number of ether oxygens (including phenoxy) is 2. The van der Waals surface area contributed by atoms with Gasteiger partial charge < -0.3 is 9.47 Å². The van der Waals surface area contributed by atoms with Crippen molar-refractivity contribution < 1.29 is 19.1 Å². The predicted molar refractivity (Wildman–Crippen MR) is 170 cm³/mol. The summed E-state index contributed by atoms with van der Waals surface area (Å²) in [4.78, 5) is 27.3. The van der Waals surface area contributed by atoms with E-state index in [4.69, 9.17) is 9.47 Å². The highest BCUT2D eigenvalue weighted by molar-refractivity contribution is 5.91. The molecule has 220 valence electrons. The molecule has 4 aromatic rings. The zero-order valence-corrected chi connectivity index (χ0v) is 25.8. The van der Waals surface area contributed by atoms with Crippen LogP contribution in [-0.4, -0.2) is 24.1 Å². The summed E-state index contributed by atoms with van der Waals surface area (Å²) in [7, 11) is 0. The van der Waals surface area contributed by atoms with Gasteiger partial charge in [-0.3, -0.25) is 0 Å². The van der Waals surface area contributed by atoms with Crippen LogP contribution >= 0.6 is 0 Å². The fraction of sp³-hybridized carbons (Fsp3) is 0.333. The van der Waals surface area contributed by atoms with E-state index in [0.29, 0.717) is 28.9 Å². The smallest absolute Gasteiger partial charge is 0.338 e. The van der Waals surface area contributed by atoms with Gasteiger partial charge in [0.2, 0.25) is 0 Å². The van der Waals surface area contributed by atoms with Crippen molar-refractivity contribution in [3.05, 3.63) is 141 Å². The second-order valence-corrected chi connectivity index (χ2v) is 12.9. The molecule has 4 aromatic carbocycles. The Morgan fingerprint density at radius 2 is 0.930 bits per heavy atom. The van der Waals surface area contributed by atoms with Gasteiger partial charge in [-0.05, 0) is 81.0 Å². The third-order valence-corrected chi connectivity index (χ3v) is 9.14. The SMILES string of the molecule is CC(C)c1ccc2c(c1)[C@H]1c3cc(C(C)C)c(C(C)C)cc3[C@H]2C(OC(=O)c2ccccc2)C1OC(=O)c1ccccc1. The van der Waals surface area contributed by atoms with Crippen LogP contribution in [0.1, 0.15) is 131 Å². The number of hydrogen-bond donors (Lipinski definition) is 0. The monoisotopic (exact) mass is 572 g/mol. The number of rotatable bonds is 7. The predicted octanol–water partition coefficient (Wildman–Crippen LogP) is 9.10. The van der Waals surface area contributed by atoms with E-state index in [1.54, 1.807) is 24.3 Å². The molecule has 4 nitrogen and oxygen atoms in total. The number of benzene rings is 4. The molecule has 0 aliphatic heterocycles. The van der Waals surface area contributed by atoms with Gasteiger partial charge in [0, 0.05) is 0 Å². The summed E-state index contributed by atoms with van der Waals surface area (Å²) < 4.78 is 12.9. The fourth-order valence-corrected chi connectivity index (χ4v) is 6.94. The zero-order valence-electron chi connectivity index (χ0n) is 25.8. The molecular weight excluding hydrogens is 532 g/mol. The molecular formula is C39H40O4. The molecule has 43 heavy (non-hydrogen) atoms. The lowest BCUT2D eigenvalue weighted by molar-refractivity contribution is -0.0558. The van der Waals surface area contributed by atoms with Crippen molar-refractivity contribution in [3.63, 3.8) is 0 Å². The average molecular weight is 573 g/mol. The van der Waals surface area contributed by atoms with Gasteiger partial charge in [0.15, 0.2) is 12.2 Å². The minimum Gasteiger partial charge on any atom is -0.454 e. The van der Waals surface area contributed by atoms with Crippen molar-refractivity contribution in [2.45, 2.75) is 83.3 Å². The van der Waals surface area contributed by atoms with Gasteiger partial charge in [-0.1, -0.05) is 108 Å². The lowest BCUT2D eigenvalue weighted by Crippen LogP contribution is -2.51. The van der Waals surface area contributed by atoms with Crippen LogP contribution in [-0.2, 0) is 9.47 Å². The van der Waals surface area contributed by atoms with Crippen molar-refractivity contribution in [3.8, 4) is 0 Å². The Bertz CT molecular complexity index is 1650. The van der Waals surface area contributed by atoms with Crippen LogP contribution < -0.4 is 0 Å². The lowest BCUT2D eigenvalue weighted by Gasteiger charge is -2.49. The summed E-state index contributed by atoms with van der Waals surface area (Å²) in [6.07, 6.45) is -1.36. The molecule has 2 bridgehead atoms. The van der Waals surface area contributed by atoms with E-state index in [1.807, 2.05) is 36.4 Å². The summed E-state index contributed by atoms with van der Waals surface area (Å²) >= 11 is 0. The molecule has 4 atom stereocenters. The van der Waals surface area contributed by atoms with E-state index in [1.165, 1.54) is 27.8 Å². The number of esters is 2. The molecule has 4 heteroatoms. The van der Waals surface area contributed by atoms with Gasteiger partial charge in [-0.25, -0.2) is 9.59 Å². The summed E-state index contributed by atoms with van der Waals surface area (Å²) in [6.45, 7) is 13.3. The molecule has 0 saturated carbocycles. The number of carbonyl (C=O) groups is 2. The Morgan fingerprint density at radius 3 is 1.35 bits per heavy atom. The molecule has 0 amide bonds. The standard InChI is InChI=1S/C39H40O4/c1-22(2)27-17-18-28-31(19-27)35-33-21-30(24(5)6)29(23(3)4)20-32(33)34(28)36(42-38(40)25-13-9-7-10-14-25)37(35)43-39(41)26-15-11-8-12-16-26/h7-24,34-37H,1-6H3/t34-,35-,36?,37?/m0/s1. The van der Waals surface area contributed by atoms with E-state index in [0.717, 1.165) is 11.1 Å². The maximum absolute atomic E-state index is 13.6. The third-order valence-electron chi connectivity index (χ3n) is 9.14. The molecule has 3 aliphatic rings. The third kappa shape index (κ3) is 5.18. The van der Waals surface area contributed by atoms with Gasteiger partial charge >= 0.3 is 11.9 Å². The molecule has 2 unspecified atom stereocenters. The highest BCUT2D eigenvalue weighted by atomic mass is 16.6. The Hall–Kier alpha value is -4.18. The first-order valence-electron chi connectivity index (χ1n) is 15.5. The van der Waals surface area contributed by atoms with Gasteiger partial charge in [0.1, 0.15) is 0 Å². The maximum atomic E-state index is 13.6. The normalized spacial score (nSPS) is 20.2. The van der Waals surface area contributed by atoms with Crippen LogP contribution in [0.5, 0.6) is 0 Å². The minimum atomic E-state index is -0.683. The van der Waals surface area contributed by atoms with Crippen LogP contribution in [0.25, 0.3) is 0 Å². The van der Waals surface area contributed by atoms with Crippen molar-refractivity contribution in [1.82, 2.24) is 0 Å². The Kier molecular flexibility index (Phi) is 7.72. The van der Waals surface area contributed by atoms with E-state index in [-0.39, 0.29) is 11.8 Å². The summed E-state index contributed by atoms with van der Waals surface area (Å²) in [6, 6.07) is 29.5. The summed E-state index contributed by atoms with van der Waals surface area (Å²) in [5.74, 6) is -0.347. The molecule has 0 fully saturated rings. The Balaban J connectivity index is 1.56. The van der Waals surface area contributed by atoms with Gasteiger partial charge in [-0.2, -0.15) is 0 Å². The van der Waals surface area contributed by atoms with E-state index in [9.17, 15) is 9.59 Å². The molecule has 3 aliphatic carbocycles. The zero-order chi connectivity index (χ0) is 30.4. The fourth-order valence-electron chi connectivity index (χ4n) is 6.94. The Labute approximate surface area is 255 Å². The first-order chi connectivity index (χ1) is 20.7. The molecule has 0 radical (unpaired) electrons. The first-order valence-corrected chi connectivity index (χ1v) is 15.5. The second kappa shape index (κ2) is 11.5. The highest BCUT2D eigenvalue weighted by Crippen LogP contribution is 2.56. The number of hydrogen-bond acceptors (Lipinski definition) is 4. The van der Waals surface area contributed by atoms with Crippen LogP contribution in [0.2, 0.25) is 0 Å². The van der Waals surface area contributed by atoms with Crippen LogP contribution in [0.4, 0.5) is 0 Å². The van der Waals surface area contributed by atoms with Crippen molar-refractivity contribution >= 4 is 11.9 Å². The maximum Gasteiger partial charge on any atom is 0.338 e. The average Bonchev–Trinajstić information content (AvgIpc) is 3.01. The van der Waals surface area contributed by atoms with E-state index < -0.39 is 24.1 Å². The molecule has 0 aromatic heterocycles. The van der Waals surface area contributed by atoms with Crippen molar-refractivity contribution in [2.24, 2.45) is 0 Å². The molecule has 0 spiro atoms. The lowest BCUT2D eigenvalue weighted by atomic mass is 9.59. The quantitative estimate of drug-likeness (QED) is 0.207. The minimum absolute atomic E-state index is 0.267. The Morgan fingerprint density at radius 1 is 0.512 bits per heavy atom. The van der Waals surface area contributed by atoms with Crippen LogP contribution in [0.15, 0.2) is 91.0 Å². The summed E-state index contributed by atoms with van der Waals surface area (Å²) in [5.41, 5.74) is 9.46. The second-order valence-electron chi connectivity index (χ2n) is 12.9.